The molecule has 4 rings (SSSR count). The highest BCUT2D eigenvalue weighted by molar-refractivity contribution is 7.91. The fourth-order valence-electron chi connectivity index (χ4n) is 3.20. The molecule has 0 bridgehead atoms. The molecule has 4 N–H and O–H groups in total. The number of amidine groups is 1. The SMILES string of the molecule is Cl.Cl.NCCNc1ccc2c(c1)C(=O)c1ccc(C3=NCCN3)cc1S2(=O)=O. The minimum absolute atomic E-state index is 0. The van der Waals surface area contributed by atoms with Gasteiger partial charge in [0.15, 0.2) is 5.78 Å². The van der Waals surface area contributed by atoms with Crippen molar-refractivity contribution in [3.05, 3.63) is 53.1 Å². The van der Waals surface area contributed by atoms with Gasteiger partial charge in [-0.25, -0.2) is 8.42 Å². The summed E-state index contributed by atoms with van der Waals surface area (Å²) in [4.78, 5) is 17.3. The van der Waals surface area contributed by atoms with E-state index in [9.17, 15) is 13.2 Å². The summed E-state index contributed by atoms with van der Waals surface area (Å²) in [6.45, 7) is 2.35. The normalized spacial score (nSPS) is 15.9. The van der Waals surface area contributed by atoms with Crippen LogP contribution < -0.4 is 16.4 Å². The average Bonchev–Trinajstić information content (AvgIpc) is 3.19. The molecule has 7 nitrogen and oxygen atoms in total. The van der Waals surface area contributed by atoms with E-state index in [2.05, 4.69) is 15.6 Å². The van der Waals surface area contributed by atoms with Crippen molar-refractivity contribution in [1.82, 2.24) is 5.32 Å². The van der Waals surface area contributed by atoms with Gasteiger partial charge in [-0.3, -0.25) is 9.79 Å². The topological polar surface area (TPSA) is 114 Å². The molecular weight excluding hydrogens is 423 g/mol. The molecule has 0 saturated heterocycles. The van der Waals surface area contributed by atoms with Gasteiger partial charge in [-0.1, -0.05) is 6.07 Å². The van der Waals surface area contributed by atoms with Crippen molar-refractivity contribution >= 4 is 52.0 Å². The van der Waals surface area contributed by atoms with Crippen LogP contribution in [0.25, 0.3) is 0 Å². The quantitative estimate of drug-likeness (QED) is 0.565. The number of aliphatic imine (C=N–C) groups is 1. The number of anilines is 1. The van der Waals surface area contributed by atoms with E-state index in [1.165, 1.54) is 12.1 Å². The van der Waals surface area contributed by atoms with Crippen molar-refractivity contribution < 1.29 is 13.2 Å². The molecule has 0 aliphatic carbocycles. The van der Waals surface area contributed by atoms with E-state index in [4.69, 9.17) is 5.73 Å². The maximum atomic E-state index is 13.1. The average molecular weight is 443 g/mol. The number of rotatable bonds is 4. The van der Waals surface area contributed by atoms with E-state index in [1.807, 2.05) is 0 Å². The molecule has 28 heavy (non-hydrogen) atoms. The first-order chi connectivity index (χ1) is 12.5. The Labute approximate surface area is 175 Å². The molecule has 0 atom stereocenters. The Bertz CT molecular complexity index is 1050. The number of sulfone groups is 1. The van der Waals surface area contributed by atoms with Gasteiger partial charge in [-0.15, -0.1) is 24.8 Å². The van der Waals surface area contributed by atoms with E-state index in [1.54, 1.807) is 24.3 Å². The number of fused-ring (bicyclic) bond motifs is 2. The van der Waals surface area contributed by atoms with Gasteiger partial charge >= 0.3 is 0 Å². The summed E-state index contributed by atoms with van der Waals surface area (Å²) in [6.07, 6.45) is 0. The monoisotopic (exact) mass is 442 g/mol. The smallest absolute Gasteiger partial charge is 0.208 e. The van der Waals surface area contributed by atoms with Crippen LogP contribution in [-0.4, -0.2) is 46.2 Å². The molecule has 0 unspecified atom stereocenters. The molecule has 0 aromatic heterocycles. The maximum Gasteiger partial charge on any atom is 0.208 e. The molecule has 10 heteroatoms. The van der Waals surface area contributed by atoms with Crippen molar-refractivity contribution in [2.45, 2.75) is 9.79 Å². The zero-order valence-electron chi connectivity index (χ0n) is 14.8. The minimum Gasteiger partial charge on any atom is -0.384 e. The van der Waals surface area contributed by atoms with Gasteiger partial charge in [0.1, 0.15) is 5.84 Å². The van der Waals surface area contributed by atoms with Crippen LogP contribution in [0, 0.1) is 0 Å². The molecule has 2 aromatic carbocycles. The molecule has 0 fully saturated rings. The molecule has 0 spiro atoms. The minimum atomic E-state index is -3.78. The van der Waals surface area contributed by atoms with E-state index in [-0.39, 0.29) is 51.5 Å². The molecule has 2 aliphatic heterocycles. The summed E-state index contributed by atoms with van der Waals surface area (Å²) < 4.78 is 26.2. The summed E-state index contributed by atoms with van der Waals surface area (Å²) in [6, 6.07) is 9.52. The van der Waals surface area contributed by atoms with Crippen molar-refractivity contribution in [2.24, 2.45) is 10.7 Å². The van der Waals surface area contributed by atoms with Gasteiger partial charge in [0, 0.05) is 42.0 Å². The second-order valence-corrected chi connectivity index (χ2v) is 8.01. The Morgan fingerprint density at radius 3 is 2.54 bits per heavy atom. The Hall–Kier alpha value is -2.13. The van der Waals surface area contributed by atoms with Gasteiger partial charge in [0.25, 0.3) is 0 Å². The van der Waals surface area contributed by atoms with Crippen LogP contribution in [0.3, 0.4) is 0 Å². The molecule has 0 saturated carbocycles. The molecule has 150 valence electrons. The van der Waals surface area contributed by atoms with Crippen LogP contribution in [0.15, 0.2) is 51.2 Å². The largest absolute Gasteiger partial charge is 0.384 e. The van der Waals surface area contributed by atoms with Crippen molar-refractivity contribution in [1.29, 1.82) is 0 Å². The summed E-state index contributed by atoms with van der Waals surface area (Å²) in [5.41, 5.74) is 7.19. The maximum absolute atomic E-state index is 13.1. The van der Waals surface area contributed by atoms with Gasteiger partial charge in [-0.2, -0.15) is 0 Å². The lowest BCUT2D eigenvalue weighted by molar-refractivity contribution is 0.103. The molecular formula is C18H20Cl2N4O3S. The van der Waals surface area contributed by atoms with E-state index in [0.29, 0.717) is 36.7 Å². The Morgan fingerprint density at radius 2 is 1.86 bits per heavy atom. The number of benzene rings is 2. The zero-order valence-corrected chi connectivity index (χ0v) is 17.2. The lowest BCUT2D eigenvalue weighted by Crippen LogP contribution is -2.23. The molecule has 2 aromatic rings. The number of nitrogens with two attached hydrogens (primary N) is 1. The van der Waals surface area contributed by atoms with Crippen molar-refractivity contribution in [3.8, 4) is 0 Å². The third-order valence-corrected chi connectivity index (χ3v) is 6.30. The van der Waals surface area contributed by atoms with Crippen molar-refractivity contribution in [2.75, 3.05) is 31.5 Å². The molecule has 0 amide bonds. The fraction of sp³-hybridized carbons (Fsp3) is 0.222. The van der Waals surface area contributed by atoms with Crippen LogP contribution >= 0.6 is 24.8 Å². The summed E-state index contributed by atoms with van der Waals surface area (Å²) in [5.74, 6) is 0.358. The first-order valence-corrected chi connectivity index (χ1v) is 9.81. The van der Waals surface area contributed by atoms with Gasteiger partial charge in [0.05, 0.1) is 16.3 Å². The highest BCUT2D eigenvalue weighted by Gasteiger charge is 2.35. The number of carbonyl (C=O) groups excluding carboxylic acids is 1. The number of hydrogen-bond donors (Lipinski definition) is 3. The summed E-state index contributed by atoms with van der Waals surface area (Å²) >= 11 is 0. The lowest BCUT2D eigenvalue weighted by atomic mass is 10.00. The number of nitrogens with one attached hydrogen (secondary N) is 2. The first kappa shape index (κ1) is 22.2. The van der Waals surface area contributed by atoms with Gasteiger partial charge in [-0.05, 0) is 30.3 Å². The van der Waals surface area contributed by atoms with Crippen LogP contribution in [0.5, 0.6) is 0 Å². The number of nitrogens with zero attached hydrogens (tertiary/aromatic N) is 1. The predicted octanol–water partition coefficient (Wildman–Crippen LogP) is 1.63. The number of hydrogen-bond acceptors (Lipinski definition) is 7. The van der Waals surface area contributed by atoms with Gasteiger partial charge < -0.3 is 16.4 Å². The Kier molecular flexibility index (Phi) is 6.71. The van der Waals surface area contributed by atoms with Crippen LogP contribution in [0.4, 0.5) is 5.69 Å². The number of halogens is 2. The van der Waals surface area contributed by atoms with E-state index >= 15 is 0 Å². The lowest BCUT2D eigenvalue weighted by Gasteiger charge is -2.20. The first-order valence-electron chi connectivity index (χ1n) is 8.33. The highest BCUT2D eigenvalue weighted by Crippen LogP contribution is 2.36. The second-order valence-electron chi connectivity index (χ2n) is 6.13. The molecule has 2 aliphatic rings. The van der Waals surface area contributed by atoms with E-state index in [0.717, 1.165) is 6.54 Å². The van der Waals surface area contributed by atoms with Crippen LogP contribution in [0.1, 0.15) is 21.5 Å². The zero-order chi connectivity index (χ0) is 18.3. The van der Waals surface area contributed by atoms with Crippen molar-refractivity contribution in [3.63, 3.8) is 0 Å². The summed E-state index contributed by atoms with van der Waals surface area (Å²) in [7, 11) is -3.78. The number of carbonyl (C=O) groups is 1. The standard InChI is InChI=1S/C18H18N4O3S.2ClH/c19-5-6-20-12-2-4-15-14(10-12)17(23)13-3-1-11(18-21-7-8-22-18)9-16(13)26(15,24)25;;/h1-4,9-10,20H,5-8,19H2,(H,21,22);2*1H. The third kappa shape index (κ3) is 3.60. The Morgan fingerprint density at radius 1 is 1.07 bits per heavy atom. The number of ketones is 1. The fourth-order valence-corrected chi connectivity index (χ4v) is 4.86. The molecule has 2 heterocycles. The van der Waals surface area contributed by atoms with Crippen LogP contribution in [0.2, 0.25) is 0 Å². The predicted molar refractivity (Wildman–Crippen MR) is 113 cm³/mol. The van der Waals surface area contributed by atoms with E-state index < -0.39 is 9.84 Å². The van der Waals surface area contributed by atoms with Crippen LogP contribution in [-0.2, 0) is 9.84 Å². The highest BCUT2D eigenvalue weighted by atomic mass is 35.5. The third-order valence-electron chi connectivity index (χ3n) is 4.45. The summed E-state index contributed by atoms with van der Waals surface area (Å²) in [5, 5.41) is 6.18. The Balaban J connectivity index is 0.00000140. The second kappa shape index (κ2) is 8.48. The molecule has 0 radical (unpaired) electrons. The van der Waals surface area contributed by atoms with Gasteiger partial charge in [0.2, 0.25) is 9.84 Å².